The van der Waals surface area contributed by atoms with Gasteiger partial charge in [-0.3, -0.25) is 0 Å². The number of carboxylic acid groups (broad SMARTS) is 1. The standard InChI is InChI=1S/C8H10O3S/c1-4-5(2)12-7(8(9)10)6(4)11-3/h1-3H3,(H,9,10). The minimum Gasteiger partial charge on any atom is -0.495 e. The molecule has 0 bridgehead atoms. The Bertz CT molecular complexity index is 314. The summed E-state index contributed by atoms with van der Waals surface area (Å²) < 4.78 is 4.99. The number of thiophene rings is 1. The van der Waals surface area contributed by atoms with E-state index >= 15 is 0 Å². The van der Waals surface area contributed by atoms with Gasteiger partial charge in [-0.25, -0.2) is 4.79 Å². The largest absolute Gasteiger partial charge is 0.495 e. The second-order valence-electron chi connectivity index (χ2n) is 2.45. The van der Waals surface area contributed by atoms with Gasteiger partial charge in [-0.2, -0.15) is 0 Å². The van der Waals surface area contributed by atoms with E-state index in [1.165, 1.54) is 18.4 Å². The van der Waals surface area contributed by atoms with Gasteiger partial charge in [-0.1, -0.05) is 0 Å². The molecule has 0 atom stereocenters. The van der Waals surface area contributed by atoms with Gasteiger partial charge in [0.25, 0.3) is 0 Å². The topological polar surface area (TPSA) is 46.5 Å². The predicted octanol–water partition coefficient (Wildman–Crippen LogP) is 2.07. The van der Waals surface area contributed by atoms with Crippen LogP contribution in [-0.4, -0.2) is 18.2 Å². The number of methoxy groups -OCH3 is 1. The molecule has 1 heterocycles. The molecule has 1 aromatic heterocycles. The SMILES string of the molecule is COc1c(C(=O)O)sc(C)c1C. The van der Waals surface area contributed by atoms with Gasteiger partial charge in [0, 0.05) is 10.4 Å². The Kier molecular flexibility index (Phi) is 2.38. The molecule has 0 spiro atoms. The average molecular weight is 186 g/mol. The van der Waals surface area contributed by atoms with Gasteiger partial charge in [0.1, 0.15) is 5.75 Å². The summed E-state index contributed by atoms with van der Waals surface area (Å²) in [5.41, 5.74) is 0.917. The molecule has 12 heavy (non-hydrogen) atoms. The Balaban J connectivity index is 3.29. The summed E-state index contributed by atoms with van der Waals surface area (Å²) in [5.74, 6) is -0.432. The number of rotatable bonds is 2. The van der Waals surface area contributed by atoms with E-state index in [4.69, 9.17) is 9.84 Å². The zero-order valence-electron chi connectivity index (χ0n) is 7.17. The van der Waals surface area contributed by atoms with Crippen molar-refractivity contribution in [1.82, 2.24) is 0 Å². The smallest absolute Gasteiger partial charge is 0.349 e. The van der Waals surface area contributed by atoms with E-state index in [-0.39, 0.29) is 4.88 Å². The second kappa shape index (κ2) is 3.15. The quantitative estimate of drug-likeness (QED) is 0.769. The Labute approximate surface area is 74.6 Å². The highest BCUT2D eigenvalue weighted by Gasteiger charge is 2.18. The molecule has 3 nitrogen and oxygen atoms in total. The van der Waals surface area contributed by atoms with Gasteiger partial charge >= 0.3 is 5.97 Å². The van der Waals surface area contributed by atoms with Crippen molar-refractivity contribution in [3.8, 4) is 5.75 Å². The van der Waals surface area contributed by atoms with Crippen molar-refractivity contribution >= 4 is 17.3 Å². The van der Waals surface area contributed by atoms with E-state index in [9.17, 15) is 4.79 Å². The number of carbonyl (C=O) groups is 1. The molecule has 0 fully saturated rings. The van der Waals surface area contributed by atoms with E-state index in [1.807, 2.05) is 13.8 Å². The van der Waals surface area contributed by atoms with Crippen molar-refractivity contribution in [1.29, 1.82) is 0 Å². The molecular formula is C8H10O3S. The van der Waals surface area contributed by atoms with Crippen LogP contribution in [0.25, 0.3) is 0 Å². The molecule has 0 aliphatic carbocycles. The molecule has 1 aromatic rings. The van der Waals surface area contributed by atoms with Crippen molar-refractivity contribution in [2.24, 2.45) is 0 Å². The summed E-state index contributed by atoms with van der Waals surface area (Å²) in [5, 5.41) is 8.76. The predicted molar refractivity (Wildman–Crippen MR) is 47.3 cm³/mol. The van der Waals surface area contributed by atoms with Gasteiger partial charge in [0.2, 0.25) is 0 Å². The van der Waals surface area contributed by atoms with Crippen LogP contribution < -0.4 is 4.74 Å². The maximum absolute atomic E-state index is 10.7. The highest BCUT2D eigenvalue weighted by molar-refractivity contribution is 7.14. The number of ether oxygens (including phenoxy) is 1. The Hall–Kier alpha value is -1.03. The summed E-state index contributed by atoms with van der Waals surface area (Å²) in [6, 6.07) is 0. The van der Waals surface area contributed by atoms with Gasteiger partial charge in [-0.15, -0.1) is 11.3 Å². The van der Waals surface area contributed by atoms with Crippen LogP contribution in [0, 0.1) is 13.8 Å². The molecule has 66 valence electrons. The third-order valence-corrected chi connectivity index (χ3v) is 2.90. The Morgan fingerprint density at radius 1 is 1.50 bits per heavy atom. The lowest BCUT2D eigenvalue weighted by Crippen LogP contribution is -1.96. The normalized spacial score (nSPS) is 9.92. The van der Waals surface area contributed by atoms with Crippen molar-refractivity contribution < 1.29 is 14.6 Å². The van der Waals surface area contributed by atoms with Crippen molar-refractivity contribution in [2.45, 2.75) is 13.8 Å². The third kappa shape index (κ3) is 1.30. The van der Waals surface area contributed by atoms with Gasteiger partial charge in [0.15, 0.2) is 4.88 Å². The van der Waals surface area contributed by atoms with E-state index in [2.05, 4.69) is 0 Å². The van der Waals surface area contributed by atoms with Gasteiger partial charge in [-0.05, 0) is 13.8 Å². The van der Waals surface area contributed by atoms with E-state index in [1.54, 1.807) is 0 Å². The van der Waals surface area contributed by atoms with Crippen LogP contribution in [0.5, 0.6) is 5.75 Å². The van der Waals surface area contributed by atoms with Crippen molar-refractivity contribution in [3.05, 3.63) is 15.3 Å². The summed E-state index contributed by atoms with van der Waals surface area (Å²) in [6.07, 6.45) is 0. The maximum Gasteiger partial charge on any atom is 0.349 e. The summed E-state index contributed by atoms with van der Waals surface area (Å²) >= 11 is 1.25. The monoisotopic (exact) mass is 186 g/mol. The first kappa shape index (κ1) is 9.06. The maximum atomic E-state index is 10.7. The van der Waals surface area contributed by atoms with E-state index in [0.717, 1.165) is 10.4 Å². The molecule has 0 aliphatic heterocycles. The first-order chi connectivity index (χ1) is 5.57. The van der Waals surface area contributed by atoms with Crippen LogP contribution >= 0.6 is 11.3 Å². The van der Waals surface area contributed by atoms with Crippen molar-refractivity contribution in [2.75, 3.05) is 7.11 Å². The van der Waals surface area contributed by atoms with Gasteiger partial charge < -0.3 is 9.84 Å². The molecule has 0 saturated heterocycles. The fourth-order valence-corrected chi connectivity index (χ4v) is 1.96. The lowest BCUT2D eigenvalue weighted by atomic mass is 10.2. The summed E-state index contributed by atoms with van der Waals surface area (Å²) in [4.78, 5) is 12.0. The first-order valence-corrected chi connectivity index (χ1v) is 4.26. The fourth-order valence-electron chi connectivity index (χ4n) is 0.993. The fraction of sp³-hybridized carbons (Fsp3) is 0.375. The zero-order chi connectivity index (χ0) is 9.30. The third-order valence-electron chi connectivity index (χ3n) is 1.73. The first-order valence-electron chi connectivity index (χ1n) is 3.45. The Morgan fingerprint density at radius 2 is 2.08 bits per heavy atom. The lowest BCUT2D eigenvalue weighted by molar-refractivity contribution is 0.0699. The minimum absolute atomic E-state index is 0.285. The average Bonchev–Trinajstić information content (AvgIpc) is 2.29. The highest BCUT2D eigenvalue weighted by Crippen LogP contribution is 2.33. The lowest BCUT2D eigenvalue weighted by Gasteiger charge is -1.98. The molecule has 0 aromatic carbocycles. The van der Waals surface area contributed by atoms with Crippen LogP contribution in [-0.2, 0) is 0 Å². The molecule has 0 aliphatic rings. The molecule has 0 radical (unpaired) electrons. The van der Waals surface area contributed by atoms with Crippen LogP contribution in [0.3, 0.4) is 0 Å². The zero-order valence-corrected chi connectivity index (χ0v) is 7.99. The Morgan fingerprint density at radius 3 is 2.42 bits per heavy atom. The van der Waals surface area contributed by atoms with Crippen LogP contribution in [0.15, 0.2) is 0 Å². The number of hydrogen-bond acceptors (Lipinski definition) is 3. The van der Waals surface area contributed by atoms with Crippen LogP contribution in [0.4, 0.5) is 0 Å². The molecule has 1 rings (SSSR count). The molecule has 0 unspecified atom stereocenters. The number of aryl methyl sites for hydroxylation is 1. The second-order valence-corrected chi connectivity index (χ2v) is 3.68. The van der Waals surface area contributed by atoms with Gasteiger partial charge in [0.05, 0.1) is 7.11 Å². The van der Waals surface area contributed by atoms with Crippen LogP contribution in [0.1, 0.15) is 20.1 Å². The van der Waals surface area contributed by atoms with Crippen LogP contribution in [0.2, 0.25) is 0 Å². The molecule has 1 N–H and O–H groups in total. The molecule has 0 amide bonds. The minimum atomic E-state index is -0.923. The number of carboxylic acids is 1. The summed E-state index contributed by atoms with van der Waals surface area (Å²) in [7, 11) is 1.49. The summed E-state index contributed by atoms with van der Waals surface area (Å²) in [6.45, 7) is 3.74. The number of aromatic carboxylic acids is 1. The van der Waals surface area contributed by atoms with E-state index < -0.39 is 5.97 Å². The van der Waals surface area contributed by atoms with Crippen molar-refractivity contribution in [3.63, 3.8) is 0 Å². The van der Waals surface area contributed by atoms with E-state index in [0.29, 0.717) is 5.75 Å². The molecule has 0 saturated carbocycles. The molecule has 4 heteroatoms. The number of hydrogen-bond donors (Lipinski definition) is 1. The molecular weight excluding hydrogens is 176 g/mol. The highest BCUT2D eigenvalue weighted by atomic mass is 32.1.